The van der Waals surface area contributed by atoms with E-state index in [0.717, 1.165) is 28.0 Å². The predicted octanol–water partition coefficient (Wildman–Crippen LogP) is 2.19. The van der Waals surface area contributed by atoms with Crippen molar-refractivity contribution >= 4 is 11.0 Å². The zero-order valence-corrected chi connectivity index (χ0v) is 7.97. The van der Waals surface area contributed by atoms with Crippen LogP contribution in [0.25, 0.3) is 11.0 Å². The van der Waals surface area contributed by atoms with Crippen molar-refractivity contribution < 1.29 is 5.11 Å². The Hall–Kier alpha value is -1.51. The lowest BCUT2D eigenvalue weighted by molar-refractivity contribution is 0.468. The molecule has 0 aliphatic heterocycles. The quantitative estimate of drug-likeness (QED) is 0.646. The average Bonchev–Trinajstić information content (AvgIpc) is 2.42. The molecule has 1 aromatic heterocycles. The number of hydrogen-bond donors (Lipinski definition) is 2. The Morgan fingerprint density at radius 3 is 2.69 bits per heavy atom. The summed E-state index contributed by atoms with van der Waals surface area (Å²) in [6.07, 6.45) is 0. The van der Waals surface area contributed by atoms with Gasteiger partial charge in [-0.15, -0.1) is 0 Å². The number of phenolic OH excluding ortho intramolecular Hbond substituents is 1. The van der Waals surface area contributed by atoms with E-state index in [-0.39, 0.29) is 0 Å². The summed E-state index contributed by atoms with van der Waals surface area (Å²) in [4.78, 5) is 7.44. The minimum atomic E-state index is 0.346. The largest absolute Gasteiger partial charge is 0.507 e. The SMILES string of the molecule is Cc1nc2c(C)c(O)c(C)cc2[nH]1. The Morgan fingerprint density at radius 2 is 2.00 bits per heavy atom. The van der Waals surface area contributed by atoms with Crippen LogP contribution >= 0.6 is 0 Å². The Labute approximate surface area is 76.4 Å². The summed E-state index contributed by atoms with van der Waals surface area (Å²) in [6.45, 7) is 5.68. The maximum Gasteiger partial charge on any atom is 0.123 e. The van der Waals surface area contributed by atoms with Gasteiger partial charge in [-0.05, 0) is 32.4 Å². The third-order valence-electron chi connectivity index (χ3n) is 2.29. The highest BCUT2D eigenvalue weighted by atomic mass is 16.3. The van der Waals surface area contributed by atoms with Crippen molar-refractivity contribution in [1.29, 1.82) is 0 Å². The second-order valence-corrected chi connectivity index (χ2v) is 3.39. The Kier molecular flexibility index (Phi) is 1.55. The van der Waals surface area contributed by atoms with E-state index in [4.69, 9.17) is 0 Å². The summed E-state index contributed by atoms with van der Waals surface area (Å²) in [7, 11) is 0. The molecule has 3 nitrogen and oxygen atoms in total. The van der Waals surface area contributed by atoms with Crippen molar-refractivity contribution in [3.8, 4) is 5.75 Å². The van der Waals surface area contributed by atoms with Gasteiger partial charge in [0.15, 0.2) is 0 Å². The highest BCUT2D eigenvalue weighted by Crippen LogP contribution is 2.28. The molecule has 0 fully saturated rings. The molecule has 0 atom stereocenters. The predicted molar refractivity (Wildman–Crippen MR) is 52.0 cm³/mol. The van der Waals surface area contributed by atoms with Gasteiger partial charge in [-0.25, -0.2) is 4.98 Å². The van der Waals surface area contributed by atoms with Gasteiger partial charge in [0.25, 0.3) is 0 Å². The third kappa shape index (κ3) is 1.08. The summed E-state index contributed by atoms with van der Waals surface area (Å²) in [5.74, 6) is 1.22. The number of aromatic nitrogens is 2. The van der Waals surface area contributed by atoms with Gasteiger partial charge >= 0.3 is 0 Å². The Balaban J connectivity index is 2.92. The normalized spacial score (nSPS) is 11.0. The van der Waals surface area contributed by atoms with Crippen LogP contribution in [0.1, 0.15) is 17.0 Å². The summed E-state index contributed by atoms with van der Waals surface area (Å²) in [5, 5.41) is 9.66. The number of aryl methyl sites for hydroxylation is 3. The smallest absolute Gasteiger partial charge is 0.123 e. The van der Waals surface area contributed by atoms with Crippen LogP contribution < -0.4 is 0 Å². The molecule has 0 aliphatic rings. The molecule has 0 radical (unpaired) electrons. The second-order valence-electron chi connectivity index (χ2n) is 3.39. The molecule has 0 spiro atoms. The number of aromatic amines is 1. The van der Waals surface area contributed by atoms with E-state index in [1.807, 2.05) is 26.8 Å². The number of nitrogens with zero attached hydrogens (tertiary/aromatic N) is 1. The van der Waals surface area contributed by atoms with E-state index in [2.05, 4.69) is 9.97 Å². The minimum absolute atomic E-state index is 0.346. The summed E-state index contributed by atoms with van der Waals surface area (Å²) in [5.41, 5.74) is 3.58. The molecule has 2 N–H and O–H groups in total. The molecule has 13 heavy (non-hydrogen) atoms. The van der Waals surface area contributed by atoms with Gasteiger partial charge in [0, 0.05) is 5.56 Å². The van der Waals surface area contributed by atoms with Crippen LogP contribution in [0.5, 0.6) is 5.75 Å². The Morgan fingerprint density at radius 1 is 1.31 bits per heavy atom. The van der Waals surface area contributed by atoms with Crippen LogP contribution in [0.15, 0.2) is 6.07 Å². The maximum absolute atomic E-state index is 9.66. The van der Waals surface area contributed by atoms with Crippen molar-refractivity contribution in [3.63, 3.8) is 0 Å². The molecule has 1 aromatic carbocycles. The lowest BCUT2D eigenvalue weighted by Gasteiger charge is -2.02. The fourth-order valence-electron chi connectivity index (χ4n) is 1.59. The van der Waals surface area contributed by atoms with Crippen LogP contribution in [-0.4, -0.2) is 15.1 Å². The van der Waals surface area contributed by atoms with Gasteiger partial charge in [0.05, 0.1) is 11.0 Å². The molecule has 0 saturated carbocycles. The molecule has 2 rings (SSSR count). The van der Waals surface area contributed by atoms with Gasteiger partial charge in [0.1, 0.15) is 11.6 Å². The number of hydrogen-bond acceptors (Lipinski definition) is 2. The average molecular weight is 176 g/mol. The summed E-state index contributed by atoms with van der Waals surface area (Å²) >= 11 is 0. The highest BCUT2D eigenvalue weighted by Gasteiger charge is 2.08. The van der Waals surface area contributed by atoms with Crippen LogP contribution in [0, 0.1) is 20.8 Å². The molecule has 0 aliphatic carbocycles. The maximum atomic E-state index is 9.66. The van der Waals surface area contributed by atoms with Crippen molar-refractivity contribution in [2.45, 2.75) is 20.8 Å². The summed E-state index contributed by atoms with van der Waals surface area (Å²) in [6, 6.07) is 1.91. The fourth-order valence-corrected chi connectivity index (χ4v) is 1.59. The summed E-state index contributed by atoms with van der Waals surface area (Å²) < 4.78 is 0. The van der Waals surface area contributed by atoms with Crippen LogP contribution in [0.4, 0.5) is 0 Å². The van der Waals surface area contributed by atoms with E-state index in [9.17, 15) is 5.11 Å². The number of rotatable bonds is 0. The first-order chi connectivity index (χ1) is 6.09. The first kappa shape index (κ1) is 8.10. The molecule has 0 unspecified atom stereocenters. The molecule has 3 heteroatoms. The molecule has 68 valence electrons. The number of imidazole rings is 1. The standard InChI is InChI=1S/C10H12N2O/c1-5-4-8-9(6(2)10(5)13)12-7(3)11-8/h4,13H,1-3H3,(H,11,12). The second kappa shape index (κ2) is 2.49. The number of benzene rings is 1. The van der Waals surface area contributed by atoms with Crippen LogP contribution in [-0.2, 0) is 0 Å². The molecule has 2 aromatic rings. The number of fused-ring (bicyclic) bond motifs is 1. The van der Waals surface area contributed by atoms with Crippen LogP contribution in [0.2, 0.25) is 0 Å². The van der Waals surface area contributed by atoms with E-state index < -0.39 is 0 Å². The molecular weight excluding hydrogens is 164 g/mol. The van der Waals surface area contributed by atoms with Crippen molar-refractivity contribution in [2.75, 3.05) is 0 Å². The lowest BCUT2D eigenvalue weighted by atomic mass is 10.1. The van der Waals surface area contributed by atoms with Gasteiger partial charge in [-0.1, -0.05) is 0 Å². The highest BCUT2D eigenvalue weighted by molar-refractivity contribution is 5.82. The van der Waals surface area contributed by atoms with E-state index in [1.165, 1.54) is 0 Å². The number of aromatic hydroxyl groups is 1. The molecular formula is C10H12N2O. The number of nitrogens with one attached hydrogen (secondary N) is 1. The molecule has 0 amide bonds. The van der Waals surface area contributed by atoms with E-state index >= 15 is 0 Å². The zero-order valence-electron chi connectivity index (χ0n) is 7.97. The third-order valence-corrected chi connectivity index (χ3v) is 2.29. The zero-order chi connectivity index (χ0) is 9.59. The molecule has 0 saturated heterocycles. The van der Waals surface area contributed by atoms with Gasteiger partial charge in [0.2, 0.25) is 0 Å². The number of phenols is 1. The van der Waals surface area contributed by atoms with Gasteiger partial charge < -0.3 is 10.1 Å². The lowest BCUT2D eigenvalue weighted by Crippen LogP contribution is -1.82. The van der Waals surface area contributed by atoms with E-state index in [1.54, 1.807) is 0 Å². The van der Waals surface area contributed by atoms with E-state index in [0.29, 0.717) is 5.75 Å². The monoisotopic (exact) mass is 176 g/mol. The molecule has 1 heterocycles. The first-order valence-corrected chi connectivity index (χ1v) is 4.25. The molecule has 0 bridgehead atoms. The Bertz CT molecular complexity index is 471. The van der Waals surface area contributed by atoms with Crippen molar-refractivity contribution in [3.05, 3.63) is 23.0 Å². The van der Waals surface area contributed by atoms with Gasteiger partial charge in [-0.3, -0.25) is 0 Å². The van der Waals surface area contributed by atoms with Crippen molar-refractivity contribution in [2.24, 2.45) is 0 Å². The van der Waals surface area contributed by atoms with Crippen molar-refractivity contribution in [1.82, 2.24) is 9.97 Å². The minimum Gasteiger partial charge on any atom is -0.507 e. The topological polar surface area (TPSA) is 48.9 Å². The first-order valence-electron chi connectivity index (χ1n) is 4.25. The van der Waals surface area contributed by atoms with Crippen LogP contribution in [0.3, 0.4) is 0 Å². The van der Waals surface area contributed by atoms with Gasteiger partial charge in [-0.2, -0.15) is 0 Å². The number of H-pyrrole nitrogens is 1. The fraction of sp³-hybridized carbons (Fsp3) is 0.300.